The summed E-state index contributed by atoms with van der Waals surface area (Å²) in [5, 5.41) is 8.42. The fourth-order valence-electron chi connectivity index (χ4n) is 3.06. The Kier molecular flexibility index (Phi) is 4.87. The monoisotopic (exact) mass is 303 g/mol. The molecule has 1 atom stereocenters. The highest BCUT2D eigenvalue weighted by Gasteiger charge is 2.24. The molecule has 1 saturated heterocycles. The van der Waals surface area contributed by atoms with Gasteiger partial charge in [0.2, 0.25) is 5.89 Å². The number of likely N-dealkylation sites (tertiary alicyclic amines) is 1. The van der Waals surface area contributed by atoms with Crippen LogP contribution in [0.5, 0.6) is 0 Å². The fraction of sp³-hybridized carbons (Fsp3) is 0.688. The predicted octanol–water partition coefficient (Wildman–Crippen LogP) is 2.83. The van der Waals surface area contributed by atoms with Crippen LogP contribution in [-0.4, -0.2) is 37.4 Å². The van der Waals surface area contributed by atoms with Gasteiger partial charge in [-0.05, 0) is 31.9 Å². The maximum atomic E-state index is 5.32. The number of hydrogen-bond acceptors (Lipinski definition) is 5. The largest absolute Gasteiger partial charge is 0.339 e. The number of nitrogens with zero attached hydrogens (tertiary/aromatic N) is 5. The lowest BCUT2D eigenvalue weighted by Crippen LogP contribution is -2.39. The predicted molar refractivity (Wildman–Crippen MR) is 83.3 cm³/mol. The third kappa shape index (κ3) is 3.74. The average Bonchev–Trinajstić information content (AvgIpc) is 3.17. The summed E-state index contributed by atoms with van der Waals surface area (Å²) < 4.78 is 7.33. The van der Waals surface area contributed by atoms with Crippen molar-refractivity contribution < 1.29 is 4.52 Å². The second-order valence-corrected chi connectivity index (χ2v) is 6.38. The zero-order valence-corrected chi connectivity index (χ0v) is 13.5. The molecule has 120 valence electrons. The number of piperidine rings is 1. The van der Waals surface area contributed by atoms with Crippen LogP contribution in [0.25, 0.3) is 0 Å². The van der Waals surface area contributed by atoms with E-state index >= 15 is 0 Å². The second kappa shape index (κ2) is 7.05. The van der Waals surface area contributed by atoms with Crippen molar-refractivity contribution in [2.75, 3.05) is 6.54 Å². The molecule has 0 unspecified atom stereocenters. The average molecular weight is 303 g/mol. The van der Waals surface area contributed by atoms with Gasteiger partial charge in [0.05, 0.1) is 6.54 Å². The molecular weight excluding hydrogens is 278 g/mol. The van der Waals surface area contributed by atoms with E-state index in [1.807, 2.05) is 23.1 Å². The van der Waals surface area contributed by atoms with Crippen LogP contribution in [-0.2, 0) is 13.1 Å². The molecule has 1 aliphatic heterocycles. The van der Waals surface area contributed by atoms with Crippen molar-refractivity contribution in [2.45, 2.75) is 64.6 Å². The van der Waals surface area contributed by atoms with Gasteiger partial charge in [0, 0.05) is 30.9 Å². The summed E-state index contributed by atoms with van der Waals surface area (Å²) in [5.41, 5.74) is 0. The maximum Gasteiger partial charge on any atom is 0.229 e. The Morgan fingerprint density at radius 3 is 3.00 bits per heavy atom. The number of aryl methyl sites for hydroxylation is 1. The molecule has 0 N–H and O–H groups in total. The summed E-state index contributed by atoms with van der Waals surface area (Å²) in [6.45, 7) is 7.03. The van der Waals surface area contributed by atoms with Crippen LogP contribution in [0.4, 0.5) is 0 Å². The number of aromatic nitrogens is 4. The van der Waals surface area contributed by atoms with Gasteiger partial charge in [-0.1, -0.05) is 25.4 Å². The van der Waals surface area contributed by atoms with Gasteiger partial charge in [-0.25, -0.2) is 0 Å². The van der Waals surface area contributed by atoms with Crippen molar-refractivity contribution in [3.05, 3.63) is 30.2 Å². The zero-order valence-electron chi connectivity index (χ0n) is 13.5. The van der Waals surface area contributed by atoms with E-state index in [2.05, 4.69) is 34.0 Å². The molecule has 2 aromatic rings. The highest BCUT2D eigenvalue weighted by molar-refractivity contribution is 4.92. The van der Waals surface area contributed by atoms with Crippen LogP contribution in [0.2, 0.25) is 0 Å². The van der Waals surface area contributed by atoms with Crippen LogP contribution >= 0.6 is 0 Å². The molecule has 0 bridgehead atoms. The van der Waals surface area contributed by atoms with Gasteiger partial charge in [-0.2, -0.15) is 10.1 Å². The van der Waals surface area contributed by atoms with Crippen LogP contribution < -0.4 is 0 Å². The summed E-state index contributed by atoms with van der Waals surface area (Å²) in [6, 6.07) is 2.56. The molecule has 1 aliphatic rings. The lowest BCUT2D eigenvalue weighted by atomic mass is 9.99. The Morgan fingerprint density at radius 2 is 2.27 bits per heavy atom. The van der Waals surface area contributed by atoms with Crippen LogP contribution in [0, 0.1) is 0 Å². The molecule has 3 heterocycles. The summed E-state index contributed by atoms with van der Waals surface area (Å²) in [4.78, 5) is 7.01. The normalized spacial score (nSPS) is 19.9. The first-order chi connectivity index (χ1) is 10.7. The topological polar surface area (TPSA) is 60.0 Å². The Balaban J connectivity index is 1.59. The molecule has 0 spiro atoms. The lowest BCUT2D eigenvalue weighted by Gasteiger charge is -2.34. The smallest absolute Gasteiger partial charge is 0.229 e. The molecule has 6 nitrogen and oxygen atoms in total. The van der Waals surface area contributed by atoms with E-state index in [1.54, 1.807) is 0 Å². The van der Waals surface area contributed by atoms with E-state index in [-0.39, 0.29) is 0 Å². The van der Waals surface area contributed by atoms with E-state index in [1.165, 1.54) is 19.3 Å². The van der Waals surface area contributed by atoms with Crippen LogP contribution in [0.3, 0.4) is 0 Å². The summed E-state index contributed by atoms with van der Waals surface area (Å²) in [5.74, 6) is 1.84. The van der Waals surface area contributed by atoms with Gasteiger partial charge in [0.15, 0.2) is 5.82 Å². The highest BCUT2D eigenvalue weighted by Crippen LogP contribution is 2.22. The molecule has 2 aromatic heterocycles. The summed E-state index contributed by atoms with van der Waals surface area (Å²) in [7, 11) is 0. The third-order valence-corrected chi connectivity index (χ3v) is 4.32. The molecule has 0 amide bonds. The quantitative estimate of drug-likeness (QED) is 0.821. The van der Waals surface area contributed by atoms with E-state index in [0.29, 0.717) is 12.0 Å². The van der Waals surface area contributed by atoms with E-state index in [9.17, 15) is 0 Å². The first kappa shape index (κ1) is 15.2. The minimum atomic E-state index is 0.290. The van der Waals surface area contributed by atoms with Crippen molar-refractivity contribution >= 4 is 0 Å². The lowest BCUT2D eigenvalue weighted by molar-refractivity contribution is 0.123. The van der Waals surface area contributed by atoms with E-state index < -0.39 is 0 Å². The van der Waals surface area contributed by atoms with Crippen molar-refractivity contribution in [1.82, 2.24) is 24.8 Å². The first-order valence-electron chi connectivity index (χ1n) is 8.26. The number of rotatable bonds is 6. The zero-order chi connectivity index (χ0) is 15.4. The SMILES string of the molecule is CC(C)c1nc(CN2CCCC[C@@H]2CCn2cccn2)no1. The van der Waals surface area contributed by atoms with Crippen molar-refractivity contribution in [3.63, 3.8) is 0 Å². The molecule has 0 saturated carbocycles. The van der Waals surface area contributed by atoms with Crippen LogP contribution in [0.15, 0.2) is 23.0 Å². The van der Waals surface area contributed by atoms with Crippen molar-refractivity contribution in [1.29, 1.82) is 0 Å². The Morgan fingerprint density at radius 1 is 1.36 bits per heavy atom. The Bertz CT molecular complexity index is 563. The molecular formula is C16H25N5O. The van der Waals surface area contributed by atoms with Crippen molar-refractivity contribution in [3.8, 4) is 0 Å². The molecule has 0 radical (unpaired) electrons. The summed E-state index contributed by atoms with van der Waals surface area (Å²) in [6.07, 6.45) is 8.80. The highest BCUT2D eigenvalue weighted by atomic mass is 16.5. The van der Waals surface area contributed by atoms with Gasteiger partial charge in [-0.3, -0.25) is 9.58 Å². The van der Waals surface area contributed by atoms with Gasteiger partial charge < -0.3 is 4.52 Å². The Hall–Kier alpha value is -1.69. The molecule has 0 aliphatic carbocycles. The van der Waals surface area contributed by atoms with Gasteiger partial charge >= 0.3 is 0 Å². The van der Waals surface area contributed by atoms with Crippen LogP contribution in [0.1, 0.15) is 57.2 Å². The third-order valence-electron chi connectivity index (χ3n) is 4.32. The number of hydrogen-bond donors (Lipinski definition) is 0. The van der Waals surface area contributed by atoms with E-state index in [0.717, 1.165) is 37.8 Å². The minimum Gasteiger partial charge on any atom is -0.339 e. The van der Waals surface area contributed by atoms with Gasteiger partial charge in [0.25, 0.3) is 0 Å². The molecule has 6 heteroatoms. The summed E-state index contributed by atoms with van der Waals surface area (Å²) >= 11 is 0. The Labute approximate surface area is 131 Å². The first-order valence-corrected chi connectivity index (χ1v) is 8.26. The maximum absolute atomic E-state index is 5.32. The van der Waals surface area contributed by atoms with Gasteiger partial charge in [0.1, 0.15) is 0 Å². The molecule has 22 heavy (non-hydrogen) atoms. The van der Waals surface area contributed by atoms with E-state index in [4.69, 9.17) is 4.52 Å². The standard InChI is InChI=1S/C16H25N5O/c1-13(2)16-18-15(19-22-16)12-20-9-4-3-6-14(20)7-11-21-10-5-8-17-21/h5,8,10,13-14H,3-4,6-7,9,11-12H2,1-2H3/t14-/m1/s1. The van der Waals surface area contributed by atoms with Gasteiger partial charge in [-0.15, -0.1) is 0 Å². The molecule has 3 rings (SSSR count). The second-order valence-electron chi connectivity index (χ2n) is 6.38. The minimum absolute atomic E-state index is 0.290. The van der Waals surface area contributed by atoms with Crippen molar-refractivity contribution in [2.24, 2.45) is 0 Å². The molecule has 0 aromatic carbocycles. The molecule has 1 fully saturated rings. The fourth-order valence-corrected chi connectivity index (χ4v) is 3.06.